The Labute approximate surface area is 126 Å². The Balaban J connectivity index is 1.72. The largest absolute Gasteiger partial charge is 0.314 e. The van der Waals surface area contributed by atoms with Crippen molar-refractivity contribution >= 4 is 23.4 Å². The normalized spacial score (nSPS) is 22.8. The van der Waals surface area contributed by atoms with Crippen molar-refractivity contribution in [3.63, 3.8) is 0 Å². The van der Waals surface area contributed by atoms with Crippen molar-refractivity contribution in [3.05, 3.63) is 29.3 Å². The molecule has 0 spiro atoms. The van der Waals surface area contributed by atoms with Crippen molar-refractivity contribution in [2.45, 2.75) is 50.0 Å². The number of hydrogen-bond acceptors (Lipinski definition) is 2. The molecule has 0 bridgehead atoms. The number of thioether (sulfide) groups is 1. The van der Waals surface area contributed by atoms with Gasteiger partial charge in [0, 0.05) is 16.0 Å². The Kier molecular flexibility index (Phi) is 6.55. The first-order chi connectivity index (χ1) is 9.29. The van der Waals surface area contributed by atoms with Gasteiger partial charge in [0.2, 0.25) is 0 Å². The summed E-state index contributed by atoms with van der Waals surface area (Å²) < 4.78 is 0. The fraction of sp³-hybridized carbons (Fsp3) is 0.625. The molecule has 0 aromatic heterocycles. The van der Waals surface area contributed by atoms with Gasteiger partial charge in [0.1, 0.15) is 0 Å². The van der Waals surface area contributed by atoms with E-state index in [0.29, 0.717) is 0 Å². The van der Waals surface area contributed by atoms with Crippen LogP contribution in [0, 0.1) is 5.92 Å². The van der Waals surface area contributed by atoms with Crippen LogP contribution >= 0.6 is 23.4 Å². The van der Waals surface area contributed by atoms with E-state index in [2.05, 4.69) is 24.4 Å². The summed E-state index contributed by atoms with van der Waals surface area (Å²) in [6.45, 7) is 3.41. The van der Waals surface area contributed by atoms with Gasteiger partial charge < -0.3 is 5.32 Å². The Morgan fingerprint density at radius 1 is 1.37 bits per heavy atom. The molecule has 1 aromatic carbocycles. The minimum absolute atomic E-state index is 0.764. The zero-order valence-corrected chi connectivity index (χ0v) is 13.3. The average molecular weight is 298 g/mol. The molecule has 1 aliphatic carbocycles. The highest BCUT2D eigenvalue weighted by Crippen LogP contribution is 2.31. The van der Waals surface area contributed by atoms with Gasteiger partial charge in [0.15, 0.2) is 0 Å². The van der Waals surface area contributed by atoms with Crippen molar-refractivity contribution in [1.82, 2.24) is 5.32 Å². The van der Waals surface area contributed by atoms with Crippen LogP contribution in [0.25, 0.3) is 0 Å². The highest BCUT2D eigenvalue weighted by Gasteiger charge is 2.25. The molecule has 19 heavy (non-hydrogen) atoms. The van der Waals surface area contributed by atoms with E-state index in [9.17, 15) is 0 Å². The molecule has 0 saturated heterocycles. The molecule has 1 aliphatic rings. The van der Waals surface area contributed by atoms with Gasteiger partial charge >= 0.3 is 0 Å². The lowest BCUT2D eigenvalue weighted by Gasteiger charge is -2.20. The van der Waals surface area contributed by atoms with Crippen LogP contribution in [-0.4, -0.2) is 18.3 Å². The fourth-order valence-corrected chi connectivity index (χ4v) is 4.16. The maximum Gasteiger partial charge on any atom is 0.0417 e. The quantitative estimate of drug-likeness (QED) is 0.712. The van der Waals surface area contributed by atoms with E-state index >= 15 is 0 Å². The van der Waals surface area contributed by atoms with Gasteiger partial charge in [-0.25, -0.2) is 0 Å². The van der Waals surface area contributed by atoms with E-state index in [0.717, 1.165) is 17.0 Å². The van der Waals surface area contributed by atoms with Crippen LogP contribution in [0.15, 0.2) is 29.2 Å². The molecule has 0 radical (unpaired) electrons. The first-order valence-corrected chi connectivity index (χ1v) is 8.77. The predicted molar refractivity (Wildman–Crippen MR) is 86.2 cm³/mol. The summed E-state index contributed by atoms with van der Waals surface area (Å²) in [6, 6.07) is 8.95. The van der Waals surface area contributed by atoms with Crippen LogP contribution in [-0.2, 0) is 0 Å². The van der Waals surface area contributed by atoms with Gasteiger partial charge in [-0.2, -0.15) is 0 Å². The maximum absolute atomic E-state index is 6.01. The molecular weight excluding hydrogens is 274 g/mol. The lowest BCUT2D eigenvalue weighted by molar-refractivity contribution is 0.393. The molecule has 1 nitrogen and oxygen atoms in total. The first kappa shape index (κ1) is 15.2. The molecular formula is C16H24ClNS. The molecule has 1 saturated carbocycles. The van der Waals surface area contributed by atoms with E-state index in [4.69, 9.17) is 11.6 Å². The number of benzene rings is 1. The Hall–Kier alpha value is -0.180. The molecule has 0 amide bonds. The summed E-state index contributed by atoms with van der Waals surface area (Å²) in [5.74, 6) is 2.08. The second-order valence-electron chi connectivity index (χ2n) is 5.35. The number of nitrogens with one attached hydrogen (secondary N) is 1. The van der Waals surface area contributed by atoms with E-state index in [1.54, 1.807) is 0 Å². The third-order valence-electron chi connectivity index (χ3n) is 3.87. The van der Waals surface area contributed by atoms with Crippen molar-refractivity contribution in [1.29, 1.82) is 0 Å². The van der Waals surface area contributed by atoms with Gasteiger partial charge in [-0.15, -0.1) is 11.8 Å². The van der Waals surface area contributed by atoms with E-state index in [-0.39, 0.29) is 0 Å². The highest BCUT2D eigenvalue weighted by atomic mass is 35.5. The zero-order chi connectivity index (χ0) is 13.5. The molecule has 1 aromatic rings. The van der Waals surface area contributed by atoms with E-state index in [1.807, 2.05) is 23.9 Å². The lowest BCUT2D eigenvalue weighted by Crippen LogP contribution is -2.33. The third-order valence-corrected chi connectivity index (χ3v) is 5.13. The average Bonchev–Trinajstić information content (AvgIpc) is 2.84. The zero-order valence-electron chi connectivity index (χ0n) is 11.7. The smallest absolute Gasteiger partial charge is 0.0417 e. The first-order valence-electron chi connectivity index (χ1n) is 7.41. The molecule has 2 rings (SSSR count). The fourth-order valence-electron chi connectivity index (χ4n) is 2.87. The number of halogens is 1. The standard InChI is InChI=1S/C16H24ClNS/c1-2-10-18-16-8-3-5-13(16)9-11-19-15-7-4-6-14(17)12-15/h4,6-7,12-13,16,18H,2-3,5,8-11H2,1H3. The topological polar surface area (TPSA) is 12.0 Å². The minimum atomic E-state index is 0.764. The van der Waals surface area contributed by atoms with Crippen molar-refractivity contribution in [2.24, 2.45) is 5.92 Å². The SMILES string of the molecule is CCCNC1CCCC1CCSc1cccc(Cl)c1. The summed E-state index contributed by atoms with van der Waals surface area (Å²) in [6.07, 6.45) is 6.72. The Bertz CT molecular complexity index is 383. The second-order valence-corrected chi connectivity index (χ2v) is 6.95. The van der Waals surface area contributed by atoms with Crippen LogP contribution in [0.4, 0.5) is 0 Å². The number of rotatable bonds is 7. The van der Waals surface area contributed by atoms with Gasteiger partial charge in [-0.05, 0) is 62.1 Å². The van der Waals surface area contributed by atoms with Crippen molar-refractivity contribution in [2.75, 3.05) is 12.3 Å². The molecule has 3 heteroatoms. The molecule has 106 valence electrons. The molecule has 0 heterocycles. The molecule has 2 atom stereocenters. The summed E-state index contributed by atoms with van der Waals surface area (Å²) in [4.78, 5) is 1.29. The van der Waals surface area contributed by atoms with Gasteiger partial charge in [0.25, 0.3) is 0 Å². The third kappa shape index (κ3) is 5.02. The molecule has 1 fully saturated rings. The monoisotopic (exact) mass is 297 g/mol. The highest BCUT2D eigenvalue weighted by molar-refractivity contribution is 7.99. The molecule has 2 unspecified atom stereocenters. The Morgan fingerprint density at radius 2 is 2.26 bits per heavy atom. The summed E-state index contributed by atoms with van der Waals surface area (Å²) in [5.41, 5.74) is 0. The predicted octanol–water partition coefficient (Wildman–Crippen LogP) is 4.99. The van der Waals surface area contributed by atoms with E-state index < -0.39 is 0 Å². The van der Waals surface area contributed by atoms with Crippen LogP contribution in [0.3, 0.4) is 0 Å². The molecule has 0 aliphatic heterocycles. The van der Waals surface area contributed by atoms with Crippen molar-refractivity contribution < 1.29 is 0 Å². The second kappa shape index (κ2) is 8.18. The lowest BCUT2D eigenvalue weighted by atomic mass is 10.0. The maximum atomic E-state index is 6.01. The van der Waals surface area contributed by atoms with Gasteiger partial charge in [-0.1, -0.05) is 31.0 Å². The van der Waals surface area contributed by atoms with Crippen LogP contribution in [0.2, 0.25) is 5.02 Å². The minimum Gasteiger partial charge on any atom is -0.314 e. The summed E-state index contributed by atoms with van der Waals surface area (Å²) >= 11 is 7.94. The Morgan fingerprint density at radius 3 is 3.05 bits per heavy atom. The summed E-state index contributed by atoms with van der Waals surface area (Å²) in [7, 11) is 0. The number of hydrogen-bond donors (Lipinski definition) is 1. The summed E-state index contributed by atoms with van der Waals surface area (Å²) in [5, 5.41) is 4.55. The van der Waals surface area contributed by atoms with Crippen molar-refractivity contribution in [3.8, 4) is 0 Å². The molecule has 1 N–H and O–H groups in total. The van der Waals surface area contributed by atoms with Crippen LogP contribution < -0.4 is 5.32 Å². The van der Waals surface area contributed by atoms with E-state index in [1.165, 1.54) is 49.3 Å². The van der Waals surface area contributed by atoms with Gasteiger partial charge in [0.05, 0.1) is 0 Å². The van der Waals surface area contributed by atoms with Gasteiger partial charge in [-0.3, -0.25) is 0 Å². The van der Waals surface area contributed by atoms with Crippen LogP contribution in [0.1, 0.15) is 39.0 Å². The van der Waals surface area contributed by atoms with Crippen LogP contribution in [0.5, 0.6) is 0 Å².